The quantitative estimate of drug-likeness (QED) is 0.0289. The van der Waals surface area contributed by atoms with E-state index in [9.17, 15) is 38.4 Å². The third-order valence-electron chi connectivity index (χ3n) is 12.9. The molecule has 0 aliphatic carbocycles. The number of pyridine rings is 1. The summed E-state index contributed by atoms with van der Waals surface area (Å²) in [4.78, 5) is 118. The molecule has 404 valence electrons. The van der Waals surface area contributed by atoms with Gasteiger partial charge in [0.05, 0.1) is 48.7 Å². The number of ether oxygens (including phenoxy) is 3. The number of fused-ring (bicyclic) bond motifs is 6. The number of nitrogens with one attached hydrogen (secondary N) is 3. The van der Waals surface area contributed by atoms with Crippen LogP contribution in [-0.2, 0) is 46.5 Å². The Bertz CT molecular complexity index is 2730. The van der Waals surface area contributed by atoms with Crippen molar-refractivity contribution in [3.05, 3.63) is 96.1 Å². The van der Waals surface area contributed by atoms with Crippen LogP contribution in [0.15, 0.2) is 79.3 Å². The molecule has 7 N–H and O–H groups in total. The second kappa shape index (κ2) is 28.4. The Labute approximate surface area is 441 Å². The fraction of sp³-hybridized carbons (Fsp3) is 0.436. The van der Waals surface area contributed by atoms with Gasteiger partial charge >= 0.3 is 12.0 Å². The lowest BCUT2D eigenvalue weighted by Crippen LogP contribution is -2.46. The first-order valence-electron chi connectivity index (χ1n) is 25.7. The maximum atomic E-state index is 13.7. The van der Waals surface area contributed by atoms with E-state index in [2.05, 4.69) is 30.9 Å². The zero-order valence-corrected chi connectivity index (χ0v) is 43.3. The highest BCUT2D eigenvalue weighted by molar-refractivity contribution is 6.13. The summed E-state index contributed by atoms with van der Waals surface area (Å²) in [6.45, 7) is 5.51. The normalized spacial score (nSPS) is 14.1. The van der Waals surface area contributed by atoms with Crippen molar-refractivity contribution in [2.45, 2.75) is 104 Å². The van der Waals surface area contributed by atoms with E-state index in [1.807, 2.05) is 31.9 Å². The van der Waals surface area contributed by atoms with Gasteiger partial charge in [-0.1, -0.05) is 44.5 Å². The number of carbonyl (C=O) groups is 8. The summed E-state index contributed by atoms with van der Waals surface area (Å²) in [5, 5.41) is 8.26. The molecule has 2 unspecified atom stereocenters. The van der Waals surface area contributed by atoms with Gasteiger partial charge in [0.1, 0.15) is 23.9 Å². The molecule has 2 aliphatic rings. The Balaban J connectivity index is 0.951. The van der Waals surface area contributed by atoms with Crippen LogP contribution in [0, 0.1) is 11.8 Å². The van der Waals surface area contributed by atoms with Gasteiger partial charge in [-0.05, 0) is 80.2 Å². The molecule has 2 atom stereocenters. The van der Waals surface area contributed by atoms with Gasteiger partial charge in [-0.3, -0.25) is 43.4 Å². The highest BCUT2D eigenvalue weighted by Crippen LogP contribution is 2.31. The van der Waals surface area contributed by atoms with E-state index in [0.29, 0.717) is 97.7 Å². The van der Waals surface area contributed by atoms with E-state index in [1.54, 1.807) is 54.9 Å². The number of unbranched alkanes of at least 4 members (excludes halogenated alkanes) is 3. The van der Waals surface area contributed by atoms with Crippen molar-refractivity contribution in [1.29, 1.82) is 0 Å². The van der Waals surface area contributed by atoms with Gasteiger partial charge in [0.15, 0.2) is 17.3 Å². The molecule has 21 nitrogen and oxygen atoms in total. The lowest BCUT2D eigenvalue weighted by molar-refractivity contribution is -0.145. The van der Waals surface area contributed by atoms with Crippen LogP contribution in [-0.4, -0.2) is 113 Å². The van der Waals surface area contributed by atoms with Crippen LogP contribution < -0.4 is 41.8 Å². The number of hydrogen-bond donors (Lipinski definition) is 5. The van der Waals surface area contributed by atoms with Crippen LogP contribution in [0.2, 0.25) is 0 Å². The monoisotopic (exact) mass is 1040 g/mol. The molecule has 0 saturated heterocycles. The minimum absolute atomic E-state index is 0.00367. The van der Waals surface area contributed by atoms with E-state index in [4.69, 9.17) is 25.7 Å². The maximum Gasteiger partial charge on any atom is 0.312 e. The van der Waals surface area contributed by atoms with E-state index in [-0.39, 0.29) is 105 Å². The first-order valence-corrected chi connectivity index (χ1v) is 25.7. The van der Waals surface area contributed by atoms with Crippen LogP contribution >= 0.6 is 0 Å². The van der Waals surface area contributed by atoms with Crippen LogP contribution in [0.4, 0.5) is 22.0 Å². The highest BCUT2D eigenvalue weighted by atomic mass is 16.5. The molecule has 4 aromatic rings. The Morgan fingerprint density at radius 2 is 1.64 bits per heavy atom. The molecule has 2 aliphatic heterocycles. The number of esters is 1. The fourth-order valence-electron chi connectivity index (χ4n) is 8.59. The molecule has 2 aromatic heterocycles. The number of nitrogens with two attached hydrogens (primary N) is 2. The number of Topliss-reactive ketones (excluding diaryl/α,β-unsaturated/α-hetero) is 2. The largest absolute Gasteiger partial charge is 0.493 e. The number of carbonyl (C=O) groups excluding carboxylic acids is 8. The number of rotatable bonds is 26. The van der Waals surface area contributed by atoms with Gasteiger partial charge in [-0.25, -0.2) is 14.8 Å². The summed E-state index contributed by atoms with van der Waals surface area (Å²) in [5.41, 5.74) is 14.9. The second-order valence-corrected chi connectivity index (χ2v) is 19.1. The summed E-state index contributed by atoms with van der Waals surface area (Å²) in [7, 11) is 1.91. The van der Waals surface area contributed by atoms with E-state index in [0.717, 1.165) is 5.69 Å². The third kappa shape index (κ3) is 17.4. The Kier molecular flexibility index (Phi) is 21.4. The average molecular weight is 1050 g/mol. The van der Waals surface area contributed by atoms with E-state index in [1.165, 1.54) is 23.2 Å². The molecule has 6 rings (SSSR count). The number of benzene rings is 2. The van der Waals surface area contributed by atoms with Crippen molar-refractivity contribution < 1.29 is 52.6 Å². The summed E-state index contributed by atoms with van der Waals surface area (Å²) in [6.07, 6.45) is 11.6. The molecule has 21 heteroatoms. The second-order valence-electron chi connectivity index (χ2n) is 19.1. The number of ketones is 2. The van der Waals surface area contributed by atoms with Crippen LogP contribution in [0.1, 0.15) is 106 Å². The topological polar surface area (TPSA) is 298 Å². The molecule has 0 spiro atoms. The highest BCUT2D eigenvalue weighted by Gasteiger charge is 2.30. The molecular weight excluding hydrogens is 977 g/mol. The van der Waals surface area contributed by atoms with Gasteiger partial charge in [0.2, 0.25) is 5.91 Å². The number of aromatic nitrogens is 3. The Hall–Kier alpha value is -8.23. The Morgan fingerprint density at radius 3 is 2.39 bits per heavy atom. The van der Waals surface area contributed by atoms with Crippen molar-refractivity contribution in [1.82, 2.24) is 30.5 Å². The van der Waals surface area contributed by atoms with Crippen molar-refractivity contribution >= 4 is 64.4 Å². The summed E-state index contributed by atoms with van der Waals surface area (Å²) in [6, 6.07) is 12.6. The predicted octanol–water partition coefficient (Wildman–Crippen LogP) is 5.65. The zero-order chi connectivity index (χ0) is 54.6. The number of hydrogen-bond acceptors (Lipinski definition) is 16. The molecule has 76 heavy (non-hydrogen) atoms. The lowest BCUT2D eigenvalue weighted by Gasteiger charge is -2.24. The lowest BCUT2D eigenvalue weighted by atomic mass is 9.88. The molecular formula is C55H68N10O11. The number of anilines is 3. The van der Waals surface area contributed by atoms with Crippen LogP contribution in [0.3, 0.4) is 0 Å². The number of primary amides is 1. The maximum absolute atomic E-state index is 13.7. The summed E-state index contributed by atoms with van der Waals surface area (Å²) < 4.78 is 17.8. The van der Waals surface area contributed by atoms with Crippen LogP contribution in [0.5, 0.6) is 11.5 Å². The molecule has 0 fully saturated rings. The van der Waals surface area contributed by atoms with Crippen molar-refractivity contribution in [3.8, 4) is 22.8 Å². The van der Waals surface area contributed by atoms with Gasteiger partial charge < -0.3 is 46.5 Å². The molecule has 4 bridgehead atoms. The standard InChI is InChI=1S/C55H68N10O11/c1-35(2)42(30-39(66)11-5-4-7-24-65-48(68)18-19-49(65)69)53(71)62-43(12-9-21-59-55(57)73)47(67)27-36-14-16-37(17-15-36)34-76-50(70)13-6-8-25-74-40-28-38-29-41(31-40)75-26-10-23-64(3)46-20-22-58-32-45(46)63-54(72)51-52(56)60-33-44(38)61-51/h14-20,22,28-29,31-33,35,42-43H,4-13,21,23-27,30,34H2,1-3H3,(H2,56,60)(H,62,71)(H,63,72)(H3,57,59,73). The fourth-order valence-corrected chi connectivity index (χ4v) is 8.59. The van der Waals surface area contributed by atoms with Crippen LogP contribution in [0.25, 0.3) is 11.3 Å². The Morgan fingerprint density at radius 1 is 0.895 bits per heavy atom. The molecule has 0 saturated carbocycles. The van der Waals surface area contributed by atoms with Gasteiger partial charge in [0.25, 0.3) is 17.7 Å². The number of amides is 6. The number of urea groups is 1. The summed E-state index contributed by atoms with van der Waals surface area (Å²) in [5.74, 6) is -2.26. The first kappa shape index (κ1) is 57.1. The van der Waals surface area contributed by atoms with E-state index < -0.39 is 29.8 Å². The molecule has 2 aromatic carbocycles. The minimum atomic E-state index is -0.899. The van der Waals surface area contributed by atoms with Crippen molar-refractivity contribution in [2.24, 2.45) is 17.6 Å². The first-order chi connectivity index (χ1) is 36.5. The van der Waals surface area contributed by atoms with Crippen molar-refractivity contribution in [2.75, 3.05) is 55.8 Å². The molecule has 0 radical (unpaired) electrons. The number of nitrogen functional groups attached to an aromatic ring is 1. The minimum Gasteiger partial charge on any atom is -0.493 e. The smallest absolute Gasteiger partial charge is 0.312 e. The SMILES string of the molecule is CC(C)C(CC(=O)CCCCCN1C(=O)C=CC1=O)C(=O)NC(CCCNC(N)=O)C(=O)Cc1ccc(COC(=O)CCCCOc2cc3cc(c2)-c2cnc(N)c(n2)C(=O)Nc2cnccc2N(C)CCCO3)cc1. The molecule has 6 amide bonds. The predicted molar refractivity (Wildman–Crippen MR) is 283 cm³/mol. The van der Waals surface area contributed by atoms with Gasteiger partial charge in [-0.15, -0.1) is 0 Å². The number of nitrogens with zero attached hydrogens (tertiary/aromatic N) is 5. The third-order valence-corrected chi connectivity index (χ3v) is 12.9. The zero-order valence-electron chi connectivity index (χ0n) is 43.3. The number of imide groups is 1. The van der Waals surface area contributed by atoms with Crippen molar-refractivity contribution in [3.63, 3.8) is 0 Å². The van der Waals surface area contributed by atoms with E-state index >= 15 is 0 Å². The van der Waals surface area contributed by atoms with Gasteiger partial charge in [-0.2, -0.15) is 0 Å². The average Bonchev–Trinajstić information content (AvgIpc) is 3.72. The summed E-state index contributed by atoms with van der Waals surface area (Å²) >= 11 is 0. The van der Waals surface area contributed by atoms with Gasteiger partial charge in [0, 0.05) is 88.3 Å². The molecule has 4 heterocycles.